The summed E-state index contributed by atoms with van der Waals surface area (Å²) < 4.78 is 54.0. The fourth-order valence-electron chi connectivity index (χ4n) is 5.80. The fourth-order valence-corrected chi connectivity index (χ4v) is 6.88. The third kappa shape index (κ3) is 17.1. The number of alkyl carbamates (subject to hydrolysis) is 1. The third-order valence-electron chi connectivity index (χ3n) is 8.71. The number of ether oxygens (including phenoxy) is 5. The average Bonchev–Trinajstić information content (AvgIpc) is 3.85. The molecular weight excluding hydrogens is 947 g/mol. The Morgan fingerprint density at radius 2 is 1.59 bits per heavy atom. The van der Waals surface area contributed by atoms with Gasteiger partial charge < -0.3 is 39.2 Å². The van der Waals surface area contributed by atoms with E-state index in [1.165, 1.54) is 25.3 Å². The van der Waals surface area contributed by atoms with Crippen LogP contribution in [0.4, 0.5) is 25.3 Å². The molecule has 3 heterocycles. The summed E-state index contributed by atoms with van der Waals surface area (Å²) >= 11 is -1.94. The van der Waals surface area contributed by atoms with E-state index in [4.69, 9.17) is 28.5 Å². The lowest BCUT2D eigenvalue weighted by Crippen LogP contribution is -2.76. The van der Waals surface area contributed by atoms with E-state index in [0.717, 1.165) is 11.3 Å². The summed E-state index contributed by atoms with van der Waals surface area (Å²) in [5, 5.41) is 20.8. The van der Waals surface area contributed by atoms with Crippen molar-refractivity contribution >= 4 is 75.4 Å². The minimum Gasteiger partial charge on any atom is -0.489 e. The van der Waals surface area contributed by atoms with Crippen LogP contribution in [0.3, 0.4) is 0 Å². The Morgan fingerprint density at radius 3 is 2.19 bits per heavy atom. The molecule has 1 fully saturated rings. The van der Waals surface area contributed by atoms with Gasteiger partial charge in [-0.05, 0) is 100 Å². The third-order valence-corrected chi connectivity index (χ3v) is 9.75. The van der Waals surface area contributed by atoms with Crippen molar-refractivity contribution in [2.24, 2.45) is 5.16 Å². The highest BCUT2D eigenvalue weighted by molar-refractivity contribution is 7.74. The molecule has 1 saturated heterocycles. The first-order valence-electron chi connectivity index (χ1n) is 21.2. The largest absolute Gasteiger partial charge is 0.489 e. The Labute approximate surface area is 405 Å². The van der Waals surface area contributed by atoms with Gasteiger partial charge in [-0.2, -0.15) is 14.4 Å². The number of carbonyl (C=O) groups excluding carboxylic acids is 6. The van der Waals surface area contributed by atoms with E-state index in [-0.39, 0.29) is 29.0 Å². The van der Waals surface area contributed by atoms with E-state index < -0.39 is 94.2 Å². The quantitative estimate of drug-likeness (QED) is 0.0133. The van der Waals surface area contributed by atoms with Gasteiger partial charge in [0.15, 0.2) is 16.7 Å². The Morgan fingerprint density at radius 1 is 0.957 bits per heavy atom. The molecule has 5 amide bonds. The predicted molar refractivity (Wildman–Crippen MR) is 251 cm³/mol. The number of nitrogens with one attached hydrogen (secondary N) is 4. The lowest BCUT2D eigenvalue weighted by Gasteiger charge is -2.50. The number of amides is 5. The molecule has 3 atom stereocenters. The Hall–Kier alpha value is -6.64. The summed E-state index contributed by atoms with van der Waals surface area (Å²) in [5.41, 5.74) is -3.41. The molecule has 1 aromatic carbocycles. The first-order valence-corrected chi connectivity index (χ1v) is 23.2. The van der Waals surface area contributed by atoms with Crippen LogP contribution >= 0.6 is 11.3 Å². The van der Waals surface area contributed by atoms with Gasteiger partial charge >= 0.3 is 35.6 Å². The van der Waals surface area contributed by atoms with Crippen LogP contribution in [-0.2, 0) is 60.4 Å². The zero-order valence-electron chi connectivity index (χ0n) is 40.2. The highest BCUT2D eigenvalue weighted by atomic mass is 32.2. The number of anilines is 2. The number of esters is 1. The van der Waals surface area contributed by atoms with E-state index in [2.05, 4.69) is 47.4 Å². The van der Waals surface area contributed by atoms with Gasteiger partial charge in [-0.3, -0.25) is 29.5 Å². The Bertz CT molecular complexity index is 2400. The number of hydroxylamine groups is 2. The molecule has 4 rings (SSSR count). The number of β-lactam (4-membered cyclic amide) rings is 1. The van der Waals surface area contributed by atoms with Gasteiger partial charge in [-0.15, -0.1) is 15.6 Å². The van der Waals surface area contributed by atoms with Crippen LogP contribution in [0.25, 0.3) is 11.1 Å². The smallest absolute Gasteiger partial charge is 0.413 e. The molecule has 3 aromatic rings. The number of benzene rings is 1. The van der Waals surface area contributed by atoms with Gasteiger partial charge in [0.05, 0.1) is 5.54 Å². The van der Waals surface area contributed by atoms with E-state index >= 15 is 0 Å². The number of thiazole rings is 1. The van der Waals surface area contributed by atoms with Crippen molar-refractivity contribution in [3.63, 3.8) is 0 Å². The molecule has 24 nitrogen and oxygen atoms in total. The van der Waals surface area contributed by atoms with Gasteiger partial charge in [-0.25, -0.2) is 24.2 Å². The first-order chi connectivity index (χ1) is 32.0. The fraction of sp³-hybridized carbons (Fsp3) is 0.512. The predicted octanol–water partition coefficient (Wildman–Crippen LogP) is 5.69. The number of carbonyl (C=O) groups is 6. The van der Waals surface area contributed by atoms with Gasteiger partial charge in [0.25, 0.3) is 17.9 Å². The molecule has 5 N–H and O–H groups in total. The molecule has 378 valence electrons. The highest BCUT2D eigenvalue weighted by Gasteiger charge is 2.57. The normalized spacial score (nSPS) is 15.7. The molecule has 69 heavy (non-hydrogen) atoms. The molecule has 0 spiro atoms. The number of oxime groups is 1. The highest BCUT2D eigenvalue weighted by Crippen LogP contribution is 2.33. The molecule has 1 aliphatic heterocycles. The van der Waals surface area contributed by atoms with Crippen molar-refractivity contribution < 1.29 is 70.3 Å². The number of aromatic nitrogens is 3. The number of aryl methyl sites for hydroxylation is 1. The van der Waals surface area contributed by atoms with Crippen molar-refractivity contribution in [1.29, 1.82) is 0 Å². The van der Waals surface area contributed by atoms with Crippen molar-refractivity contribution in [2.75, 3.05) is 30.4 Å². The van der Waals surface area contributed by atoms with Crippen molar-refractivity contribution in [1.82, 2.24) is 30.5 Å². The van der Waals surface area contributed by atoms with Crippen molar-refractivity contribution in [3.05, 3.63) is 54.2 Å². The second-order valence-corrected chi connectivity index (χ2v) is 19.9. The zero-order valence-corrected chi connectivity index (χ0v) is 41.8. The standard InChI is InChI=1S/C43H59N9O15S2/c1-13-21-61-38(57)47-32-27(22-51(49-32)20-14-19-44-37(56)64-41(5,6)7)25-15-17-26(18-16-25)62-23-29(35(55)63-40(2,3)4)66-50-30(28-24-68-36(45-28)48-39(58)65-42(8,9)10)33(53)46-31-34(54)52(43(31,11)12)67-69(59)60/h13,15-18,22,24,29,31H,1,14,19-21,23H2,2-12H3,(H,44,56)(H,46,53)(H,59,60)(H,45,48,58)(H,47,49,57)/b50-30-. The number of hydrogen-bond acceptors (Lipinski definition) is 18. The van der Waals surface area contributed by atoms with Gasteiger partial charge in [0.1, 0.15) is 47.5 Å². The van der Waals surface area contributed by atoms with Gasteiger partial charge in [0.2, 0.25) is 0 Å². The molecule has 3 unspecified atom stereocenters. The molecular formula is C43H59N9O15S2. The van der Waals surface area contributed by atoms with E-state index in [0.29, 0.717) is 35.7 Å². The lowest BCUT2D eigenvalue weighted by molar-refractivity contribution is -0.216. The summed E-state index contributed by atoms with van der Waals surface area (Å²) in [5.74, 6) is -2.38. The number of rotatable bonds is 20. The molecule has 1 aliphatic rings. The van der Waals surface area contributed by atoms with Crippen LogP contribution in [0.1, 0.15) is 88.3 Å². The van der Waals surface area contributed by atoms with Crippen molar-refractivity contribution in [2.45, 2.75) is 124 Å². The van der Waals surface area contributed by atoms with Gasteiger partial charge in [-0.1, -0.05) is 29.9 Å². The minimum absolute atomic E-state index is 0.00394. The topological polar surface area (TPSA) is 299 Å². The molecule has 2 aromatic heterocycles. The number of hydrogen-bond donors (Lipinski definition) is 5. The SMILES string of the molecule is C=CCOC(=O)Nc1nn(CCCNC(=O)OC(C)(C)C)cc1-c1ccc(OCC(O/N=C(\C(=O)NC2C(=O)N(OS(=O)O)C2(C)C)c2csc(NC(=O)OC(C)(C)C)n2)C(=O)OC(C)(C)C)cc1. The van der Waals surface area contributed by atoms with Crippen molar-refractivity contribution in [3.8, 4) is 16.9 Å². The summed E-state index contributed by atoms with van der Waals surface area (Å²) in [6.07, 6.45) is -0.184. The van der Waals surface area contributed by atoms with Crippen LogP contribution in [-0.4, -0.2) is 125 Å². The monoisotopic (exact) mass is 1010 g/mol. The summed E-state index contributed by atoms with van der Waals surface area (Å²) in [7, 11) is 0. The maximum absolute atomic E-state index is 13.9. The lowest BCUT2D eigenvalue weighted by atomic mass is 9.84. The first kappa shape index (κ1) is 55.0. The van der Waals surface area contributed by atoms with E-state index in [9.17, 15) is 37.5 Å². The number of nitrogens with zero attached hydrogens (tertiary/aromatic N) is 5. The molecule has 0 bridgehead atoms. The molecule has 0 saturated carbocycles. The Kier molecular flexibility index (Phi) is 18.4. The Balaban J connectivity index is 1.59. The second kappa shape index (κ2) is 23.1. The van der Waals surface area contributed by atoms with Crippen LogP contribution in [0.15, 0.2) is 53.7 Å². The maximum atomic E-state index is 13.9. The van der Waals surface area contributed by atoms with E-state index in [1.807, 2.05) is 0 Å². The van der Waals surface area contributed by atoms with Crippen LogP contribution in [0.5, 0.6) is 5.75 Å². The van der Waals surface area contributed by atoms with Gasteiger partial charge in [0, 0.05) is 30.2 Å². The summed E-state index contributed by atoms with van der Waals surface area (Å²) in [6.45, 7) is 21.7. The van der Waals surface area contributed by atoms with E-state index in [1.54, 1.807) is 97.5 Å². The second-order valence-electron chi connectivity index (χ2n) is 18.5. The minimum atomic E-state index is -2.84. The molecule has 26 heteroatoms. The summed E-state index contributed by atoms with van der Waals surface area (Å²) in [4.78, 5) is 87.5. The average molecular weight is 1010 g/mol. The van der Waals surface area contributed by atoms with Crippen LogP contribution in [0.2, 0.25) is 0 Å². The zero-order chi connectivity index (χ0) is 51.5. The van der Waals surface area contributed by atoms with Crippen LogP contribution in [0, 0.1) is 0 Å². The summed E-state index contributed by atoms with van der Waals surface area (Å²) in [6, 6.07) is 5.21. The molecule has 0 radical (unpaired) electrons. The molecule has 0 aliphatic carbocycles. The van der Waals surface area contributed by atoms with Crippen LogP contribution < -0.4 is 26.0 Å². The maximum Gasteiger partial charge on any atom is 0.413 e.